The Morgan fingerprint density at radius 3 is 2.45 bits per heavy atom. The van der Waals surface area contributed by atoms with E-state index in [1.54, 1.807) is 36.4 Å². The highest BCUT2D eigenvalue weighted by molar-refractivity contribution is 9.10. The van der Waals surface area contributed by atoms with E-state index in [0.29, 0.717) is 29.1 Å². The molecule has 4 rings (SSSR count). The first-order valence-corrected chi connectivity index (χ1v) is 12.9. The number of carboxylic acids is 1. The molecule has 1 aliphatic rings. The Morgan fingerprint density at radius 2 is 1.76 bits per heavy atom. The fraction of sp³-hybridized carbons (Fsp3) is 0.222. The van der Waals surface area contributed by atoms with Crippen molar-refractivity contribution in [2.75, 3.05) is 23.8 Å². The van der Waals surface area contributed by atoms with Gasteiger partial charge in [-0.3, -0.25) is 4.79 Å². The number of halogens is 3. The Bertz CT molecular complexity index is 1360. The lowest BCUT2D eigenvalue weighted by Crippen LogP contribution is -2.48. The largest absolute Gasteiger partial charge is 0.488 e. The third kappa shape index (κ3) is 6.62. The van der Waals surface area contributed by atoms with Crippen molar-refractivity contribution < 1.29 is 28.6 Å². The van der Waals surface area contributed by atoms with Crippen molar-refractivity contribution in [1.29, 1.82) is 0 Å². The fourth-order valence-corrected chi connectivity index (χ4v) is 4.74. The number of urea groups is 1. The van der Waals surface area contributed by atoms with E-state index in [1.807, 2.05) is 6.07 Å². The van der Waals surface area contributed by atoms with Crippen LogP contribution in [0.25, 0.3) is 0 Å². The lowest BCUT2D eigenvalue weighted by atomic mass is 10.1. The number of likely N-dealkylation sites (tertiary alicyclic amines) is 1. The van der Waals surface area contributed by atoms with Crippen LogP contribution in [-0.2, 0) is 11.2 Å². The van der Waals surface area contributed by atoms with E-state index in [0.717, 1.165) is 4.47 Å². The fourth-order valence-electron chi connectivity index (χ4n) is 4.11. The Kier molecular flexibility index (Phi) is 8.53. The van der Waals surface area contributed by atoms with Gasteiger partial charge in [-0.1, -0.05) is 29.8 Å². The van der Waals surface area contributed by atoms with Gasteiger partial charge in [0, 0.05) is 17.4 Å². The third-order valence-electron chi connectivity index (χ3n) is 6.05. The van der Waals surface area contributed by atoms with Gasteiger partial charge in [0.25, 0.3) is 0 Å². The topological polar surface area (TPSA) is 108 Å². The Labute approximate surface area is 231 Å². The van der Waals surface area contributed by atoms with Crippen molar-refractivity contribution in [1.82, 2.24) is 4.90 Å². The Balaban J connectivity index is 1.35. The highest BCUT2D eigenvalue weighted by atomic mass is 79.9. The molecule has 0 aliphatic carbocycles. The molecule has 1 fully saturated rings. The number of alkyl halides is 1. The van der Waals surface area contributed by atoms with Crippen molar-refractivity contribution in [2.24, 2.45) is 0 Å². The van der Waals surface area contributed by atoms with E-state index < -0.39 is 23.7 Å². The van der Waals surface area contributed by atoms with Crippen LogP contribution < -0.4 is 15.4 Å². The van der Waals surface area contributed by atoms with E-state index >= 15 is 4.39 Å². The first-order chi connectivity index (χ1) is 18.1. The smallest absolute Gasteiger partial charge is 0.335 e. The number of carbonyl (C=O) groups is 3. The number of amides is 3. The second-order valence-electron chi connectivity index (χ2n) is 8.74. The predicted octanol–water partition coefficient (Wildman–Crippen LogP) is 6.35. The number of hydrogen-bond donors (Lipinski definition) is 3. The molecular weight excluding hydrogens is 581 g/mol. The Morgan fingerprint density at radius 1 is 1.05 bits per heavy atom. The number of para-hydroxylation sites is 1. The molecule has 3 aromatic carbocycles. The highest BCUT2D eigenvalue weighted by Gasteiger charge is 2.44. The summed E-state index contributed by atoms with van der Waals surface area (Å²) in [5.74, 6) is -3.17. The molecule has 0 spiro atoms. The van der Waals surface area contributed by atoms with Gasteiger partial charge in [0.05, 0.1) is 28.4 Å². The van der Waals surface area contributed by atoms with Crippen molar-refractivity contribution in [3.63, 3.8) is 0 Å². The second-order valence-corrected chi connectivity index (χ2v) is 10.00. The minimum absolute atomic E-state index is 0.0812. The zero-order valence-electron chi connectivity index (χ0n) is 20.0. The quantitative estimate of drug-likeness (QED) is 0.260. The lowest BCUT2D eigenvalue weighted by Gasteiger charge is -2.31. The molecule has 0 aromatic heterocycles. The molecule has 11 heteroatoms. The molecule has 0 saturated carbocycles. The summed E-state index contributed by atoms with van der Waals surface area (Å²) in [6.07, 6.45) is 0.532. The van der Waals surface area contributed by atoms with Crippen LogP contribution in [0, 0.1) is 0 Å². The van der Waals surface area contributed by atoms with Crippen LogP contribution in [0.3, 0.4) is 0 Å². The van der Waals surface area contributed by atoms with E-state index in [4.69, 9.17) is 21.4 Å². The van der Waals surface area contributed by atoms with Crippen LogP contribution in [0.1, 0.15) is 28.8 Å². The number of hydrogen-bond acceptors (Lipinski definition) is 4. The number of anilines is 2. The van der Waals surface area contributed by atoms with Gasteiger partial charge < -0.3 is 25.4 Å². The molecule has 1 aliphatic heterocycles. The first-order valence-electron chi connectivity index (χ1n) is 11.7. The average molecular weight is 605 g/mol. The monoisotopic (exact) mass is 603 g/mol. The SMILES string of the molecule is O=C(Nc1ccc(CC(=O)N2CCC[C@]2(F)COc2ccc(C(=O)O)cc2)cc1Cl)Nc1ccccc1Br. The van der Waals surface area contributed by atoms with Crippen molar-refractivity contribution in [2.45, 2.75) is 25.1 Å². The minimum Gasteiger partial charge on any atom is -0.488 e. The molecule has 198 valence electrons. The molecule has 38 heavy (non-hydrogen) atoms. The molecule has 3 N–H and O–H groups in total. The summed E-state index contributed by atoms with van der Waals surface area (Å²) in [7, 11) is 0. The molecule has 0 bridgehead atoms. The standard InChI is InChI=1S/C27H24BrClFN3O5/c28-20-4-1-2-5-22(20)31-26(37)32-23-11-6-17(14-21(23)29)15-24(34)33-13-3-12-27(33,30)16-38-19-9-7-18(8-10-19)25(35)36/h1-2,4-11,14H,3,12-13,15-16H2,(H,35,36)(H2,31,32,37)/t27-/m1/s1. The number of rotatable bonds is 8. The second kappa shape index (κ2) is 11.8. The number of benzene rings is 3. The van der Waals surface area contributed by atoms with Gasteiger partial charge in [-0.05, 0) is 76.4 Å². The number of carbonyl (C=O) groups excluding carboxylic acids is 2. The van der Waals surface area contributed by atoms with Crippen molar-refractivity contribution in [3.05, 3.63) is 87.4 Å². The summed E-state index contributed by atoms with van der Waals surface area (Å²) in [5.41, 5.74) is 1.60. The van der Waals surface area contributed by atoms with E-state index in [9.17, 15) is 14.4 Å². The number of carboxylic acid groups (broad SMARTS) is 1. The van der Waals surface area contributed by atoms with Crippen LogP contribution in [0.4, 0.5) is 20.6 Å². The minimum atomic E-state index is -1.99. The maximum atomic E-state index is 15.7. The van der Waals surface area contributed by atoms with Crippen LogP contribution in [0.2, 0.25) is 5.02 Å². The highest BCUT2D eigenvalue weighted by Crippen LogP contribution is 2.33. The van der Waals surface area contributed by atoms with Gasteiger partial charge in [-0.2, -0.15) is 0 Å². The zero-order valence-corrected chi connectivity index (χ0v) is 22.4. The maximum absolute atomic E-state index is 15.7. The van der Waals surface area contributed by atoms with Gasteiger partial charge in [0.15, 0.2) is 0 Å². The molecule has 8 nitrogen and oxygen atoms in total. The Hall–Kier alpha value is -3.63. The first kappa shape index (κ1) is 27.4. The zero-order chi connectivity index (χ0) is 27.3. The molecule has 1 saturated heterocycles. The van der Waals surface area contributed by atoms with Gasteiger partial charge >= 0.3 is 12.0 Å². The predicted molar refractivity (Wildman–Crippen MR) is 146 cm³/mol. The molecule has 0 unspecified atom stereocenters. The van der Waals surface area contributed by atoms with Crippen LogP contribution in [0.15, 0.2) is 71.2 Å². The molecule has 1 heterocycles. The summed E-state index contributed by atoms with van der Waals surface area (Å²) in [4.78, 5) is 37.5. The summed E-state index contributed by atoms with van der Waals surface area (Å²) in [6, 6.07) is 17.1. The normalized spacial score (nSPS) is 16.7. The van der Waals surface area contributed by atoms with E-state index in [-0.39, 0.29) is 36.6 Å². The number of nitrogens with one attached hydrogen (secondary N) is 2. The lowest BCUT2D eigenvalue weighted by molar-refractivity contribution is -0.144. The van der Waals surface area contributed by atoms with Gasteiger partial charge in [0.2, 0.25) is 11.7 Å². The van der Waals surface area contributed by atoms with Gasteiger partial charge in [-0.15, -0.1) is 0 Å². The van der Waals surface area contributed by atoms with Crippen molar-refractivity contribution >= 4 is 56.8 Å². The third-order valence-corrected chi connectivity index (χ3v) is 7.05. The van der Waals surface area contributed by atoms with Crippen molar-refractivity contribution in [3.8, 4) is 5.75 Å². The molecule has 3 aromatic rings. The van der Waals surface area contributed by atoms with Crippen LogP contribution in [0.5, 0.6) is 5.75 Å². The van der Waals surface area contributed by atoms with Crippen LogP contribution >= 0.6 is 27.5 Å². The number of aromatic carboxylic acids is 1. The molecular formula is C27H24BrClFN3O5. The average Bonchev–Trinajstić information content (AvgIpc) is 3.28. The van der Waals surface area contributed by atoms with Crippen LogP contribution in [-0.4, -0.2) is 46.9 Å². The summed E-state index contributed by atoms with van der Waals surface area (Å²) < 4.78 is 22.0. The summed E-state index contributed by atoms with van der Waals surface area (Å²) >= 11 is 9.71. The molecule has 3 amide bonds. The van der Waals surface area contributed by atoms with Gasteiger partial charge in [0.1, 0.15) is 12.4 Å². The maximum Gasteiger partial charge on any atom is 0.335 e. The van der Waals surface area contributed by atoms with E-state index in [2.05, 4.69) is 26.6 Å². The number of ether oxygens (including phenoxy) is 1. The van der Waals surface area contributed by atoms with E-state index in [1.165, 1.54) is 29.2 Å². The van der Waals surface area contributed by atoms with Gasteiger partial charge in [-0.25, -0.2) is 14.0 Å². The molecule has 0 radical (unpaired) electrons. The number of nitrogens with zero attached hydrogens (tertiary/aromatic N) is 1. The summed E-state index contributed by atoms with van der Waals surface area (Å²) in [6.45, 7) is -0.124. The summed E-state index contributed by atoms with van der Waals surface area (Å²) in [5, 5.41) is 14.6. The molecule has 1 atom stereocenters.